The molecule has 3 N–H and O–H groups in total. The van der Waals surface area contributed by atoms with Crippen molar-refractivity contribution < 1.29 is 18.9 Å². The van der Waals surface area contributed by atoms with E-state index >= 15 is 0 Å². The topological polar surface area (TPSA) is 126 Å². The Labute approximate surface area is 189 Å². The van der Waals surface area contributed by atoms with Crippen LogP contribution in [0.1, 0.15) is 103 Å². The van der Waals surface area contributed by atoms with Crippen molar-refractivity contribution in [3.8, 4) is 0 Å². The van der Waals surface area contributed by atoms with Crippen molar-refractivity contribution in [3.63, 3.8) is 0 Å². The Kier molecular flexibility index (Phi) is 8.26. The standard InChI is InChI=1S/C23H37N5O4/c1-3-24-21(31)23(15-9-6-10-16-23)27-18(30)11-12-19-25-20(28-32-19)22(26-17(2)29)13-7-4-5-8-14-22/h3-16H2,1-2H3,(H,24,31)(H,26,29)(H,27,30). The molecule has 3 amide bonds. The van der Waals surface area contributed by atoms with Crippen molar-refractivity contribution >= 4 is 17.7 Å². The molecule has 1 aromatic rings. The summed E-state index contributed by atoms with van der Waals surface area (Å²) < 4.78 is 5.45. The highest BCUT2D eigenvalue weighted by molar-refractivity contribution is 5.91. The number of hydrogen-bond acceptors (Lipinski definition) is 6. The number of carbonyl (C=O) groups excluding carboxylic acids is 3. The number of nitrogens with one attached hydrogen (secondary N) is 3. The van der Waals surface area contributed by atoms with Crippen LogP contribution >= 0.6 is 0 Å². The van der Waals surface area contributed by atoms with Crippen LogP contribution in [0.3, 0.4) is 0 Å². The highest BCUT2D eigenvalue weighted by Crippen LogP contribution is 2.34. The van der Waals surface area contributed by atoms with Gasteiger partial charge in [0.15, 0.2) is 5.82 Å². The van der Waals surface area contributed by atoms with Crippen molar-refractivity contribution in [1.82, 2.24) is 26.1 Å². The average Bonchev–Trinajstić information content (AvgIpc) is 3.13. The van der Waals surface area contributed by atoms with E-state index in [1.807, 2.05) is 6.92 Å². The van der Waals surface area contributed by atoms with E-state index in [9.17, 15) is 14.4 Å². The molecule has 1 aromatic heterocycles. The quantitative estimate of drug-likeness (QED) is 0.526. The molecule has 3 rings (SSSR count). The average molecular weight is 448 g/mol. The van der Waals surface area contributed by atoms with Crippen molar-refractivity contribution in [2.75, 3.05) is 6.54 Å². The van der Waals surface area contributed by atoms with Gasteiger partial charge in [-0.2, -0.15) is 4.98 Å². The minimum absolute atomic E-state index is 0.0984. The van der Waals surface area contributed by atoms with Crippen molar-refractivity contribution in [2.45, 2.75) is 108 Å². The fraction of sp³-hybridized carbons (Fsp3) is 0.783. The second-order valence-electron chi connectivity index (χ2n) is 9.24. The summed E-state index contributed by atoms with van der Waals surface area (Å²) in [6, 6.07) is 0. The van der Waals surface area contributed by atoms with E-state index in [1.165, 1.54) is 6.92 Å². The lowest BCUT2D eigenvalue weighted by molar-refractivity contribution is -0.135. The van der Waals surface area contributed by atoms with Crippen LogP contribution in [0.4, 0.5) is 0 Å². The maximum Gasteiger partial charge on any atom is 0.245 e. The first-order valence-corrected chi connectivity index (χ1v) is 12.1. The Balaban J connectivity index is 1.64. The van der Waals surface area contributed by atoms with Crippen LogP contribution in [0.25, 0.3) is 0 Å². The fourth-order valence-corrected chi connectivity index (χ4v) is 5.07. The number of nitrogens with zero attached hydrogens (tertiary/aromatic N) is 2. The molecule has 178 valence electrons. The molecular weight excluding hydrogens is 410 g/mol. The molecule has 0 aliphatic heterocycles. The normalized spacial score (nSPS) is 20.1. The third-order valence-corrected chi connectivity index (χ3v) is 6.69. The molecule has 9 nitrogen and oxygen atoms in total. The summed E-state index contributed by atoms with van der Waals surface area (Å²) in [6.07, 6.45) is 10.5. The van der Waals surface area contributed by atoms with Crippen LogP contribution < -0.4 is 16.0 Å². The molecule has 2 fully saturated rings. The van der Waals surface area contributed by atoms with Crippen molar-refractivity contribution in [1.29, 1.82) is 0 Å². The summed E-state index contributed by atoms with van der Waals surface area (Å²) in [5, 5.41) is 13.1. The Bertz CT molecular complexity index is 792. The summed E-state index contributed by atoms with van der Waals surface area (Å²) >= 11 is 0. The number of rotatable bonds is 8. The van der Waals surface area contributed by atoms with Crippen LogP contribution in [-0.4, -0.2) is 39.9 Å². The highest BCUT2D eigenvalue weighted by atomic mass is 16.5. The third-order valence-electron chi connectivity index (χ3n) is 6.69. The maximum atomic E-state index is 12.7. The molecule has 0 atom stereocenters. The molecule has 0 spiro atoms. The van der Waals surface area contributed by atoms with Crippen molar-refractivity contribution in [3.05, 3.63) is 11.7 Å². The minimum Gasteiger partial charge on any atom is -0.354 e. The third kappa shape index (κ3) is 5.86. The molecule has 0 aromatic carbocycles. The maximum absolute atomic E-state index is 12.7. The van der Waals surface area contributed by atoms with Crippen LogP contribution in [0.15, 0.2) is 4.52 Å². The molecule has 0 bridgehead atoms. The molecule has 0 saturated heterocycles. The van der Waals surface area contributed by atoms with E-state index in [0.717, 1.165) is 57.8 Å². The summed E-state index contributed by atoms with van der Waals surface area (Å²) in [5.41, 5.74) is -1.42. The Morgan fingerprint density at radius 3 is 2.19 bits per heavy atom. The number of hydrogen-bond donors (Lipinski definition) is 3. The predicted octanol–water partition coefficient (Wildman–Crippen LogP) is 2.64. The summed E-state index contributed by atoms with van der Waals surface area (Å²) in [5.74, 6) is 0.472. The molecule has 0 unspecified atom stereocenters. The number of aryl methyl sites for hydroxylation is 1. The fourth-order valence-electron chi connectivity index (χ4n) is 5.07. The molecular formula is C23H37N5O4. The van der Waals surface area contributed by atoms with Gasteiger partial charge in [-0.05, 0) is 32.6 Å². The van der Waals surface area contributed by atoms with E-state index in [0.29, 0.717) is 37.5 Å². The van der Waals surface area contributed by atoms with E-state index < -0.39 is 11.1 Å². The van der Waals surface area contributed by atoms with E-state index in [1.54, 1.807) is 0 Å². The summed E-state index contributed by atoms with van der Waals surface area (Å²) in [7, 11) is 0. The Morgan fingerprint density at radius 2 is 1.56 bits per heavy atom. The number of carbonyl (C=O) groups is 3. The van der Waals surface area contributed by atoms with Gasteiger partial charge in [0.05, 0.1) is 0 Å². The van der Waals surface area contributed by atoms with Gasteiger partial charge in [-0.1, -0.05) is 50.1 Å². The minimum atomic E-state index is -0.818. The second-order valence-corrected chi connectivity index (χ2v) is 9.24. The van der Waals surface area contributed by atoms with E-state index in [4.69, 9.17) is 4.52 Å². The second kappa shape index (κ2) is 10.9. The zero-order chi connectivity index (χ0) is 23.0. The van der Waals surface area contributed by atoms with E-state index in [-0.39, 0.29) is 24.1 Å². The lowest BCUT2D eigenvalue weighted by Crippen LogP contribution is -2.59. The Hall–Kier alpha value is -2.45. The van der Waals surface area contributed by atoms with Crippen LogP contribution in [-0.2, 0) is 26.3 Å². The van der Waals surface area contributed by atoms with Crippen LogP contribution in [0.5, 0.6) is 0 Å². The predicted molar refractivity (Wildman–Crippen MR) is 118 cm³/mol. The number of likely N-dealkylation sites (N-methyl/N-ethyl adjacent to an activating group) is 1. The first kappa shape index (κ1) is 24.2. The monoisotopic (exact) mass is 447 g/mol. The zero-order valence-electron chi connectivity index (χ0n) is 19.4. The highest BCUT2D eigenvalue weighted by Gasteiger charge is 2.41. The number of amides is 3. The van der Waals surface area contributed by atoms with Gasteiger partial charge in [-0.15, -0.1) is 0 Å². The zero-order valence-corrected chi connectivity index (χ0v) is 19.4. The van der Waals surface area contributed by atoms with E-state index in [2.05, 4.69) is 26.1 Å². The SMILES string of the molecule is CCNC(=O)C1(NC(=O)CCc2nc(C3(NC(C)=O)CCCCCC3)no2)CCCCC1. The van der Waals surface area contributed by atoms with Crippen LogP contribution in [0.2, 0.25) is 0 Å². The molecule has 2 aliphatic carbocycles. The van der Waals surface area contributed by atoms with Gasteiger partial charge in [0.25, 0.3) is 0 Å². The van der Waals surface area contributed by atoms with Gasteiger partial charge in [0.1, 0.15) is 11.1 Å². The first-order chi connectivity index (χ1) is 15.4. The molecule has 2 aliphatic rings. The van der Waals surface area contributed by atoms with Crippen molar-refractivity contribution in [2.24, 2.45) is 0 Å². The first-order valence-electron chi connectivity index (χ1n) is 12.1. The molecule has 2 saturated carbocycles. The van der Waals surface area contributed by atoms with Gasteiger partial charge >= 0.3 is 0 Å². The summed E-state index contributed by atoms with van der Waals surface area (Å²) in [4.78, 5) is 41.8. The lowest BCUT2D eigenvalue weighted by Gasteiger charge is -2.36. The molecule has 0 radical (unpaired) electrons. The molecule has 1 heterocycles. The van der Waals surface area contributed by atoms with Gasteiger partial charge in [-0.25, -0.2) is 0 Å². The Morgan fingerprint density at radius 1 is 0.938 bits per heavy atom. The number of aromatic nitrogens is 2. The van der Waals surface area contributed by atoms with Gasteiger partial charge in [-0.3, -0.25) is 14.4 Å². The summed E-state index contributed by atoms with van der Waals surface area (Å²) in [6.45, 7) is 3.93. The smallest absolute Gasteiger partial charge is 0.245 e. The van der Waals surface area contributed by atoms with Gasteiger partial charge in [0.2, 0.25) is 23.6 Å². The van der Waals surface area contributed by atoms with Gasteiger partial charge in [0, 0.05) is 26.3 Å². The van der Waals surface area contributed by atoms with Crippen LogP contribution in [0, 0.1) is 0 Å². The molecule has 9 heteroatoms. The lowest BCUT2D eigenvalue weighted by atomic mass is 9.80. The van der Waals surface area contributed by atoms with Gasteiger partial charge < -0.3 is 20.5 Å². The molecule has 32 heavy (non-hydrogen) atoms. The largest absolute Gasteiger partial charge is 0.354 e.